The number of hydrogen-bond donors (Lipinski definition) is 1. The van der Waals surface area contributed by atoms with Gasteiger partial charge in [-0.2, -0.15) is 0 Å². The third kappa shape index (κ3) is 2.74. The van der Waals surface area contributed by atoms with E-state index in [1.54, 1.807) is 24.5 Å². The SMILES string of the molecule is Cl.NCc1ncc(-c2ccc(F)cc2)cn1. The van der Waals surface area contributed by atoms with E-state index in [0.29, 0.717) is 12.4 Å². The summed E-state index contributed by atoms with van der Waals surface area (Å²) in [5, 5.41) is 0. The molecule has 2 N–H and O–H groups in total. The zero-order valence-electron chi connectivity index (χ0n) is 8.43. The fourth-order valence-corrected chi connectivity index (χ4v) is 1.25. The first kappa shape index (κ1) is 12.5. The van der Waals surface area contributed by atoms with Crippen molar-refractivity contribution in [2.75, 3.05) is 0 Å². The summed E-state index contributed by atoms with van der Waals surface area (Å²) in [7, 11) is 0. The Hall–Kier alpha value is -1.52. The summed E-state index contributed by atoms with van der Waals surface area (Å²) in [4.78, 5) is 8.13. The van der Waals surface area contributed by atoms with Crippen molar-refractivity contribution in [1.82, 2.24) is 9.97 Å². The van der Waals surface area contributed by atoms with E-state index in [4.69, 9.17) is 5.73 Å². The van der Waals surface area contributed by atoms with Gasteiger partial charge in [0.15, 0.2) is 0 Å². The van der Waals surface area contributed by atoms with Crippen LogP contribution < -0.4 is 5.73 Å². The lowest BCUT2D eigenvalue weighted by Gasteiger charge is -2.01. The highest BCUT2D eigenvalue weighted by molar-refractivity contribution is 5.85. The lowest BCUT2D eigenvalue weighted by atomic mass is 10.1. The van der Waals surface area contributed by atoms with Crippen LogP contribution in [-0.4, -0.2) is 9.97 Å². The molecule has 0 atom stereocenters. The molecule has 1 heterocycles. The number of hydrogen-bond acceptors (Lipinski definition) is 3. The normalized spacial score (nSPS) is 9.62. The molecule has 5 heteroatoms. The van der Waals surface area contributed by atoms with Gasteiger partial charge in [-0.05, 0) is 17.7 Å². The van der Waals surface area contributed by atoms with Gasteiger partial charge in [-0.15, -0.1) is 12.4 Å². The van der Waals surface area contributed by atoms with Crippen molar-refractivity contribution in [2.24, 2.45) is 5.73 Å². The molecule has 0 saturated carbocycles. The summed E-state index contributed by atoms with van der Waals surface area (Å²) in [6, 6.07) is 6.20. The number of benzene rings is 1. The number of aromatic nitrogens is 2. The Bertz CT molecular complexity index is 442. The Kier molecular flexibility index (Phi) is 4.34. The molecule has 2 rings (SSSR count). The number of nitrogens with zero attached hydrogens (tertiary/aromatic N) is 2. The van der Waals surface area contributed by atoms with Crippen LogP contribution in [0.2, 0.25) is 0 Å². The molecule has 0 aliphatic carbocycles. The highest BCUT2D eigenvalue weighted by Crippen LogP contribution is 2.17. The minimum absolute atomic E-state index is 0. The topological polar surface area (TPSA) is 51.8 Å². The molecular weight excluding hydrogens is 229 g/mol. The van der Waals surface area contributed by atoms with Crippen LogP contribution in [0.3, 0.4) is 0 Å². The van der Waals surface area contributed by atoms with Crippen LogP contribution in [0.15, 0.2) is 36.7 Å². The van der Waals surface area contributed by atoms with Crippen molar-refractivity contribution >= 4 is 12.4 Å². The highest BCUT2D eigenvalue weighted by atomic mass is 35.5. The van der Waals surface area contributed by atoms with Gasteiger partial charge in [-0.1, -0.05) is 12.1 Å². The van der Waals surface area contributed by atoms with Gasteiger partial charge in [0.2, 0.25) is 0 Å². The second kappa shape index (κ2) is 5.53. The molecular formula is C11H11ClFN3. The first-order valence-corrected chi connectivity index (χ1v) is 4.56. The highest BCUT2D eigenvalue weighted by Gasteiger charge is 1.99. The maximum absolute atomic E-state index is 12.7. The van der Waals surface area contributed by atoms with E-state index in [0.717, 1.165) is 11.1 Å². The fraction of sp³-hybridized carbons (Fsp3) is 0.0909. The number of halogens is 2. The monoisotopic (exact) mass is 239 g/mol. The minimum atomic E-state index is -0.252. The maximum Gasteiger partial charge on any atom is 0.141 e. The molecule has 0 aliphatic heterocycles. The average Bonchev–Trinajstić information content (AvgIpc) is 2.30. The van der Waals surface area contributed by atoms with E-state index in [2.05, 4.69) is 9.97 Å². The third-order valence-electron chi connectivity index (χ3n) is 2.07. The van der Waals surface area contributed by atoms with E-state index in [-0.39, 0.29) is 18.2 Å². The van der Waals surface area contributed by atoms with Crippen molar-refractivity contribution in [1.29, 1.82) is 0 Å². The quantitative estimate of drug-likeness (QED) is 0.874. The molecule has 0 fully saturated rings. The summed E-state index contributed by atoms with van der Waals surface area (Å²) in [6.07, 6.45) is 3.37. The number of nitrogens with two attached hydrogens (primary N) is 1. The van der Waals surface area contributed by atoms with Crippen LogP contribution in [0.1, 0.15) is 5.82 Å². The first-order valence-electron chi connectivity index (χ1n) is 4.56. The van der Waals surface area contributed by atoms with E-state index >= 15 is 0 Å². The molecule has 1 aromatic heterocycles. The van der Waals surface area contributed by atoms with Gasteiger partial charge in [-0.25, -0.2) is 14.4 Å². The Labute approximate surface area is 99.0 Å². The zero-order chi connectivity index (χ0) is 10.7. The van der Waals surface area contributed by atoms with Crippen LogP contribution in [-0.2, 0) is 6.54 Å². The molecule has 0 aliphatic rings. The van der Waals surface area contributed by atoms with E-state index in [1.807, 2.05) is 0 Å². The second-order valence-corrected chi connectivity index (χ2v) is 3.10. The van der Waals surface area contributed by atoms with Gasteiger partial charge in [0.25, 0.3) is 0 Å². The summed E-state index contributed by atoms with van der Waals surface area (Å²) in [6.45, 7) is 0.323. The molecule has 3 nitrogen and oxygen atoms in total. The molecule has 1 aromatic carbocycles. The van der Waals surface area contributed by atoms with E-state index in [1.165, 1.54) is 12.1 Å². The van der Waals surface area contributed by atoms with Gasteiger partial charge in [0.1, 0.15) is 11.6 Å². The van der Waals surface area contributed by atoms with Crippen molar-refractivity contribution in [3.63, 3.8) is 0 Å². The molecule has 2 aromatic rings. The van der Waals surface area contributed by atoms with Crippen molar-refractivity contribution < 1.29 is 4.39 Å². The van der Waals surface area contributed by atoms with E-state index < -0.39 is 0 Å². The Morgan fingerprint density at radius 3 is 2.06 bits per heavy atom. The minimum Gasteiger partial charge on any atom is -0.324 e. The van der Waals surface area contributed by atoms with E-state index in [9.17, 15) is 4.39 Å². The molecule has 16 heavy (non-hydrogen) atoms. The number of rotatable bonds is 2. The van der Waals surface area contributed by atoms with Gasteiger partial charge >= 0.3 is 0 Å². The predicted octanol–water partition coefficient (Wildman–Crippen LogP) is 2.16. The van der Waals surface area contributed by atoms with Crippen LogP contribution >= 0.6 is 12.4 Å². The lowest BCUT2D eigenvalue weighted by Crippen LogP contribution is -2.02. The largest absolute Gasteiger partial charge is 0.324 e. The van der Waals surface area contributed by atoms with Crippen LogP contribution in [0.25, 0.3) is 11.1 Å². The molecule has 0 unspecified atom stereocenters. The second-order valence-electron chi connectivity index (χ2n) is 3.10. The molecule has 84 valence electrons. The summed E-state index contributed by atoms with van der Waals surface area (Å²) >= 11 is 0. The maximum atomic E-state index is 12.7. The van der Waals surface area contributed by atoms with Crippen LogP contribution in [0, 0.1) is 5.82 Å². The Morgan fingerprint density at radius 2 is 1.56 bits per heavy atom. The smallest absolute Gasteiger partial charge is 0.141 e. The predicted molar refractivity (Wildman–Crippen MR) is 62.6 cm³/mol. The standard InChI is InChI=1S/C11H10FN3.ClH/c12-10-3-1-8(2-4-10)9-6-14-11(5-13)15-7-9;/h1-4,6-7H,5,13H2;1H. The lowest BCUT2D eigenvalue weighted by molar-refractivity contribution is 0.628. The summed E-state index contributed by atoms with van der Waals surface area (Å²) < 4.78 is 12.7. The molecule has 0 bridgehead atoms. The van der Waals surface area contributed by atoms with Crippen molar-refractivity contribution in [2.45, 2.75) is 6.54 Å². The van der Waals surface area contributed by atoms with Gasteiger partial charge < -0.3 is 5.73 Å². The Morgan fingerprint density at radius 1 is 1.00 bits per heavy atom. The van der Waals surface area contributed by atoms with Crippen molar-refractivity contribution in [3.05, 3.63) is 48.3 Å². The fourth-order valence-electron chi connectivity index (χ4n) is 1.25. The molecule has 0 saturated heterocycles. The first-order chi connectivity index (χ1) is 7.29. The van der Waals surface area contributed by atoms with Gasteiger partial charge in [-0.3, -0.25) is 0 Å². The average molecular weight is 240 g/mol. The van der Waals surface area contributed by atoms with Crippen LogP contribution in [0.5, 0.6) is 0 Å². The molecule has 0 amide bonds. The third-order valence-corrected chi connectivity index (χ3v) is 2.07. The summed E-state index contributed by atoms with van der Waals surface area (Å²) in [5.74, 6) is 0.346. The molecule has 0 spiro atoms. The van der Waals surface area contributed by atoms with Crippen LogP contribution in [0.4, 0.5) is 4.39 Å². The van der Waals surface area contributed by atoms with Gasteiger partial charge in [0.05, 0.1) is 6.54 Å². The summed E-state index contributed by atoms with van der Waals surface area (Å²) in [5.41, 5.74) is 7.13. The molecule has 0 radical (unpaired) electrons. The van der Waals surface area contributed by atoms with Gasteiger partial charge in [0, 0.05) is 18.0 Å². The van der Waals surface area contributed by atoms with Crippen molar-refractivity contribution in [3.8, 4) is 11.1 Å². The Balaban J connectivity index is 0.00000128. The zero-order valence-corrected chi connectivity index (χ0v) is 9.25.